The number of hydrogen-bond donors (Lipinski definition) is 2. The lowest BCUT2D eigenvalue weighted by Crippen LogP contribution is -2.60. The second-order valence-electron chi connectivity index (χ2n) is 7.76. The average molecular weight is 400 g/mol. The summed E-state index contributed by atoms with van der Waals surface area (Å²) in [6, 6.07) is 17.0. The Kier molecular flexibility index (Phi) is 3.95. The number of pyridine rings is 2. The van der Waals surface area contributed by atoms with Crippen molar-refractivity contribution in [2.75, 3.05) is 4.90 Å². The number of aromatic amines is 1. The number of nitrogens with zero attached hydrogens (tertiary/aromatic N) is 4. The van der Waals surface area contributed by atoms with Crippen molar-refractivity contribution in [3.05, 3.63) is 82.4 Å². The molecule has 0 unspecified atom stereocenters. The van der Waals surface area contributed by atoms with Gasteiger partial charge in [0.15, 0.2) is 5.65 Å². The van der Waals surface area contributed by atoms with Crippen LogP contribution in [0.15, 0.2) is 65.6 Å². The van der Waals surface area contributed by atoms with Crippen LogP contribution in [0.5, 0.6) is 0 Å². The number of benzene rings is 1. The van der Waals surface area contributed by atoms with Gasteiger partial charge in [-0.1, -0.05) is 30.3 Å². The standard InChI is InChI=1S/C22H20N6O2/c1-22(2)26-20(29)15-10-11-17(28-16-9-6-12-23-18(16)25-21(28)30)24-19(15)27(22)13-14-7-4-3-5-8-14/h3-12H,13H2,1-2H3,(H,26,29)(H,23,25,30). The van der Waals surface area contributed by atoms with Crippen molar-refractivity contribution in [2.45, 2.75) is 26.1 Å². The predicted molar refractivity (Wildman–Crippen MR) is 114 cm³/mol. The quantitative estimate of drug-likeness (QED) is 0.551. The third-order valence-electron chi connectivity index (χ3n) is 5.32. The first kappa shape index (κ1) is 18.1. The van der Waals surface area contributed by atoms with E-state index in [4.69, 9.17) is 4.98 Å². The molecule has 1 aliphatic heterocycles. The topological polar surface area (TPSA) is 95.9 Å². The highest BCUT2D eigenvalue weighted by Crippen LogP contribution is 2.32. The van der Waals surface area contributed by atoms with Crippen molar-refractivity contribution in [3.8, 4) is 5.82 Å². The number of fused-ring (bicyclic) bond motifs is 2. The molecule has 150 valence electrons. The van der Waals surface area contributed by atoms with Gasteiger partial charge in [0, 0.05) is 12.7 Å². The molecule has 0 aliphatic carbocycles. The largest absolute Gasteiger partial charge is 0.333 e. The maximum absolute atomic E-state index is 12.7. The first-order valence-electron chi connectivity index (χ1n) is 9.65. The molecule has 1 aromatic carbocycles. The van der Waals surface area contributed by atoms with E-state index in [-0.39, 0.29) is 11.6 Å². The Morgan fingerprint density at radius 3 is 2.60 bits per heavy atom. The van der Waals surface area contributed by atoms with Crippen LogP contribution >= 0.6 is 0 Å². The van der Waals surface area contributed by atoms with Gasteiger partial charge in [-0.3, -0.25) is 9.78 Å². The predicted octanol–water partition coefficient (Wildman–Crippen LogP) is 2.59. The normalized spacial score (nSPS) is 15.1. The number of H-pyrrole nitrogens is 1. The number of anilines is 1. The van der Waals surface area contributed by atoms with Gasteiger partial charge in [0.2, 0.25) is 0 Å². The van der Waals surface area contributed by atoms with Crippen molar-refractivity contribution in [1.29, 1.82) is 0 Å². The number of rotatable bonds is 3. The molecule has 4 heterocycles. The van der Waals surface area contributed by atoms with Crippen molar-refractivity contribution < 1.29 is 4.79 Å². The lowest BCUT2D eigenvalue weighted by molar-refractivity contribution is 0.0895. The van der Waals surface area contributed by atoms with Gasteiger partial charge in [0.25, 0.3) is 5.91 Å². The number of hydrogen-bond acceptors (Lipinski definition) is 5. The lowest BCUT2D eigenvalue weighted by Gasteiger charge is -2.44. The molecule has 8 nitrogen and oxygen atoms in total. The first-order valence-corrected chi connectivity index (χ1v) is 9.65. The fourth-order valence-corrected chi connectivity index (χ4v) is 3.83. The molecular formula is C22H20N6O2. The Bertz CT molecular complexity index is 1320. The zero-order chi connectivity index (χ0) is 20.9. The second-order valence-corrected chi connectivity index (χ2v) is 7.76. The van der Waals surface area contributed by atoms with E-state index in [1.807, 2.05) is 49.1 Å². The maximum Gasteiger partial charge on any atom is 0.333 e. The summed E-state index contributed by atoms with van der Waals surface area (Å²) >= 11 is 0. The van der Waals surface area contributed by atoms with Crippen LogP contribution < -0.4 is 15.9 Å². The molecular weight excluding hydrogens is 380 g/mol. The van der Waals surface area contributed by atoms with E-state index in [0.29, 0.717) is 34.9 Å². The van der Waals surface area contributed by atoms with E-state index in [1.165, 1.54) is 4.57 Å². The van der Waals surface area contributed by atoms with Crippen LogP contribution in [0.3, 0.4) is 0 Å². The number of carbonyl (C=O) groups is 1. The molecule has 3 aromatic heterocycles. The maximum atomic E-state index is 12.7. The molecule has 1 amide bonds. The van der Waals surface area contributed by atoms with Crippen LogP contribution in [0.25, 0.3) is 17.0 Å². The minimum absolute atomic E-state index is 0.189. The Hall–Kier alpha value is -3.94. The SMILES string of the molecule is CC1(C)NC(=O)c2ccc(-n3c(=O)[nH]c4ncccc43)nc2N1Cc1ccccc1. The summed E-state index contributed by atoms with van der Waals surface area (Å²) < 4.78 is 1.48. The molecule has 30 heavy (non-hydrogen) atoms. The van der Waals surface area contributed by atoms with E-state index in [9.17, 15) is 9.59 Å². The third kappa shape index (κ3) is 2.85. The van der Waals surface area contributed by atoms with Crippen molar-refractivity contribution in [1.82, 2.24) is 24.8 Å². The molecule has 1 aliphatic rings. The van der Waals surface area contributed by atoms with Crippen molar-refractivity contribution in [2.24, 2.45) is 0 Å². The molecule has 8 heteroatoms. The van der Waals surface area contributed by atoms with Gasteiger partial charge in [-0.05, 0) is 43.7 Å². The van der Waals surface area contributed by atoms with Gasteiger partial charge in [-0.15, -0.1) is 0 Å². The molecule has 0 radical (unpaired) electrons. The van der Waals surface area contributed by atoms with E-state index in [0.717, 1.165) is 5.56 Å². The van der Waals surface area contributed by atoms with E-state index in [1.54, 1.807) is 30.5 Å². The number of aromatic nitrogens is 4. The van der Waals surface area contributed by atoms with Crippen molar-refractivity contribution >= 4 is 22.9 Å². The molecule has 4 aromatic rings. The van der Waals surface area contributed by atoms with E-state index < -0.39 is 5.66 Å². The summed E-state index contributed by atoms with van der Waals surface area (Å²) in [5.41, 5.74) is 1.70. The third-order valence-corrected chi connectivity index (χ3v) is 5.32. The Morgan fingerprint density at radius 1 is 1.00 bits per heavy atom. The molecule has 0 spiro atoms. The minimum Gasteiger partial charge on any atom is -0.330 e. The average Bonchev–Trinajstić information content (AvgIpc) is 3.07. The number of imidazole rings is 1. The van der Waals surface area contributed by atoms with E-state index in [2.05, 4.69) is 15.3 Å². The second kappa shape index (κ2) is 6.55. The van der Waals surface area contributed by atoms with Crippen LogP contribution in [-0.2, 0) is 6.54 Å². The van der Waals surface area contributed by atoms with Gasteiger partial charge < -0.3 is 10.2 Å². The summed E-state index contributed by atoms with van der Waals surface area (Å²) in [6.07, 6.45) is 1.62. The summed E-state index contributed by atoms with van der Waals surface area (Å²) in [4.78, 5) is 39.1. The highest BCUT2D eigenvalue weighted by molar-refractivity contribution is 6.01. The van der Waals surface area contributed by atoms with Crippen LogP contribution in [0, 0.1) is 0 Å². The van der Waals surface area contributed by atoms with Gasteiger partial charge in [0.05, 0.1) is 11.1 Å². The van der Waals surface area contributed by atoms with Crippen LogP contribution in [-0.4, -0.2) is 31.1 Å². The van der Waals surface area contributed by atoms with Crippen molar-refractivity contribution in [3.63, 3.8) is 0 Å². The summed E-state index contributed by atoms with van der Waals surface area (Å²) in [5, 5.41) is 3.04. The Balaban J connectivity index is 1.68. The van der Waals surface area contributed by atoms with Gasteiger partial charge in [-0.2, -0.15) is 0 Å². The number of amides is 1. The fraction of sp³-hybridized carbons (Fsp3) is 0.182. The first-order chi connectivity index (χ1) is 14.4. The zero-order valence-corrected chi connectivity index (χ0v) is 16.6. The smallest absolute Gasteiger partial charge is 0.330 e. The monoisotopic (exact) mass is 400 g/mol. The molecule has 0 fully saturated rings. The fourth-order valence-electron chi connectivity index (χ4n) is 3.83. The molecule has 0 saturated heterocycles. The van der Waals surface area contributed by atoms with Crippen LogP contribution in [0.2, 0.25) is 0 Å². The highest BCUT2D eigenvalue weighted by Gasteiger charge is 2.38. The summed E-state index contributed by atoms with van der Waals surface area (Å²) in [6.45, 7) is 4.43. The van der Waals surface area contributed by atoms with E-state index >= 15 is 0 Å². The Morgan fingerprint density at radius 2 is 1.80 bits per heavy atom. The number of nitrogens with one attached hydrogen (secondary N) is 2. The zero-order valence-electron chi connectivity index (χ0n) is 16.6. The van der Waals surface area contributed by atoms with Crippen LogP contribution in [0.4, 0.5) is 5.82 Å². The van der Waals surface area contributed by atoms with Gasteiger partial charge in [-0.25, -0.2) is 19.3 Å². The molecule has 0 atom stereocenters. The summed E-state index contributed by atoms with van der Waals surface area (Å²) in [5.74, 6) is 0.781. The summed E-state index contributed by atoms with van der Waals surface area (Å²) in [7, 11) is 0. The molecule has 0 saturated carbocycles. The van der Waals surface area contributed by atoms with Gasteiger partial charge in [0.1, 0.15) is 17.3 Å². The van der Waals surface area contributed by atoms with Gasteiger partial charge >= 0.3 is 5.69 Å². The lowest BCUT2D eigenvalue weighted by atomic mass is 10.0. The highest BCUT2D eigenvalue weighted by atomic mass is 16.2. The Labute approximate surface area is 172 Å². The molecule has 2 N–H and O–H groups in total. The number of carbonyl (C=O) groups excluding carboxylic acids is 1. The minimum atomic E-state index is -0.654. The van der Waals surface area contributed by atoms with Crippen LogP contribution in [0.1, 0.15) is 29.8 Å². The molecule has 5 rings (SSSR count). The molecule has 0 bridgehead atoms.